The van der Waals surface area contributed by atoms with Crippen LogP contribution in [0.15, 0.2) is 70.8 Å². The summed E-state index contributed by atoms with van der Waals surface area (Å²) in [4.78, 5) is 22.2. The first-order valence-corrected chi connectivity index (χ1v) is 10.1. The molecule has 0 aliphatic heterocycles. The molecule has 0 aliphatic rings. The van der Waals surface area contributed by atoms with Crippen molar-refractivity contribution in [2.24, 2.45) is 5.10 Å². The predicted molar refractivity (Wildman–Crippen MR) is 124 cm³/mol. The van der Waals surface area contributed by atoms with Gasteiger partial charge in [-0.05, 0) is 65.9 Å². The third-order valence-electron chi connectivity index (χ3n) is 5.22. The summed E-state index contributed by atoms with van der Waals surface area (Å²) in [6.07, 6.45) is 5.02. The summed E-state index contributed by atoms with van der Waals surface area (Å²) in [5.74, 6) is 1.57. The molecule has 0 aliphatic carbocycles. The lowest BCUT2D eigenvalue weighted by Gasteiger charge is -2.17. The molecular formula is C25H24N4O2. The maximum Gasteiger partial charge on any atom is 0.282 e. The van der Waals surface area contributed by atoms with Gasteiger partial charge in [0.25, 0.3) is 5.56 Å². The molecule has 0 spiro atoms. The number of rotatable bonds is 5. The van der Waals surface area contributed by atoms with E-state index in [-0.39, 0.29) is 11.5 Å². The maximum absolute atomic E-state index is 13.4. The molecule has 2 heterocycles. The standard InChI is InChI=1S/C25H24N4O2/c1-16(2)20-14-21(17(3)13-23(20)31-4)24-28-22-8-6-5-7-19(22)25(30)29(24)27-15-18-9-11-26-12-10-18/h5-16H,1-4H3. The van der Waals surface area contributed by atoms with E-state index in [4.69, 9.17) is 9.72 Å². The highest BCUT2D eigenvalue weighted by Gasteiger charge is 2.18. The number of methoxy groups -OCH3 is 1. The van der Waals surface area contributed by atoms with Gasteiger partial charge >= 0.3 is 0 Å². The zero-order valence-electron chi connectivity index (χ0n) is 18.0. The summed E-state index contributed by atoms with van der Waals surface area (Å²) in [7, 11) is 1.67. The molecular weight excluding hydrogens is 388 g/mol. The number of benzene rings is 2. The average Bonchev–Trinajstić information content (AvgIpc) is 2.78. The van der Waals surface area contributed by atoms with E-state index in [1.54, 1.807) is 31.8 Å². The highest BCUT2D eigenvalue weighted by Crippen LogP contribution is 2.34. The van der Waals surface area contributed by atoms with Crippen molar-refractivity contribution in [2.75, 3.05) is 7.11 Å². The molecule has 156 valence electrons. The van der Waals surface area contributed by atoms with E-state index in [2.05, 4.69) is 23.9 Å². The van der Waals surface area contributed by atoms with Crippen molar-refractivity contribution in [3.8, 4) is 17.1 Å². The molecule has 0 N–H and O–H groups in total. The van der Waals surface area contributed by atoms with E-state index in [0.29, 0.717) is 16.7 Å². The first kappa shape index (κ1) is 20.5. The molecule has 0 unspecified atom stereocenters. The Labute approximate surface area is 180 Å². The minimum absolute atomic E-state index is 0.216. The van der Waals surface area contributed by atoms with Crippen LogP contribution in [0.4, 0.5) is 0 Å². The molecule has 2 aromatic heterocycles. The first-order chi connectivity index (χ1) is 15.0. The van der Waals surface area contributed by atoms with E-state index in [1.807, 2.05) is 49.4 Å². The van der Waals surface area contributed by atoms with Crippen molar-refractivity contribution in [1.82, 2.24) is 14.6 Å². The van der Waals surface area contributed by atoms with Crippen LogP contribution in [-0.4, -0.2) is 28.0 Å². The van der Waals surface area contributed by atoms with Gasteiger partial charge in [-0.15, -0.1) is 0 Å². The second kappa shape index (κ2) is 8.52. The summed E-state index contributed by atoms with van der Waals surface area (Å²) in [5.41, 5.74) is 4.12. The average molecular weight is 412 g/mol. The maximum atomic E-state index is 13.4. The molecule has 2 aromatic carbocycles. The van der Waals surface area contributed by atoms with Crippen molar-refractivity contribution in [3.63, 3.8) is 0 Å². The molecule has 4 rings (SSSR count). The monoisotopic (exact) mass is 412 g/mol. The minimum atomic E-state index is -0.216. The smallest absolute Gasteiger partial charge is 0.282 e. The second-order valence-electron chi connectivity index (χ2n) is 7.66. The fourth-order valence-electron chi connectivity index (χ4n) is 3.55. The summed E-state index contributed by atoms with van der Waals surface area (Å²) < 4.78 is 6.96. The van der Waals surface area contributed by atoms with Gasteiger partial charge in [0.2, 0.25) is 0 Å². The van der Waals surface area contributed by atoms with Gasteiger partial charge in [-0.3, -0.25) is 9.78 Å². The van der Waals surface area contributed by atoms with Crippen LogP contribution >= 0.6 is 0 Å². The number of para-hydroxylation sites is 1. The second-order valence-corrected chi connectivity index (χ2v) is 7.66. The Morgan fingerprint density at radius 1 is 1.10 bits per heavy atom. The zero-order chi connectivity index (χ0) is 22.0. The van der Waals surface area contributed by atoms with Gasteiger partial charge in [0, 0.05) is 18.0 Å². The predicted octanol–water partition coefficient (Wildman–Crippen LogP) is 4.78. The van der Waals surface area contributed by atoms with Crippen LogP contribution in [0.2, 0.25) is 0 Å². The summed E-state index contributed by atoms with van der Waals surface area (Å²) >= 11 is 0. The van der Waals surface area contributed by atoms with E-state index < -0.39 is 0 Å². The van der Waals surface area contributed by atoms with Gasteiger partial charge in [0.15, 0.2) is 5.82 Å². The van der Waals surface area contributed by atoms with Crippen molar-refractivity contribution in [2.45, 2.75) is 26.7 Å². The lowest BCUT2D eigenvalue weighted by molar-refractivity contribution is 0.407. The number of pyridine rings is 1. The zero-order valence-corrected chi connectivity index (χ0v) is 18.0. The molecule has 0 atom stereocenters. The third-order valence-corrected chi connectivity index (χ3v) is 5.22. The van der Waals surface area contributed by atoms with Crippen LogP contribution in [0.5, 0.6) is 5.75 Å². The van der Waals surface area contributed by atoms with E-state index in [9.17, 15) is 4.79 Å². The number of hydrogen-bond acceptors (Lipinski definition) is 5. The molecule has 0 radical (unpaired) electrons. The van der Waals surface area contributed by atoms with Gasteiger partial charge < -0.3 is 4.74 Å². The SMILES string of the molecule is COc1cc(C)c(-c2nc3ccccc3c(=O)n2N=Cc2ccncc2)cc1C(C)C. The van der Waals surface area contributed by atoms with E-state index in [1.165, 1.54) is 4.68 Å². The largest absolute Gasteiger partial charge is 0.496 e. The fraction of sp³-hybridized carbons (Fsp3) is 0.200. The molecule has 0 saturated carbocycles. The number of ether oxygens (including phenoxy) is 1. The highest BCUT2D eigenvalue weighted by molar-refractivity contribution is 5.82. The van der Waals surface area contributed by atoms with Crippen LogP contribution in [0.25, 0.3) is 22.3 Å². The first-order valence-electron chi connectivity index (χ1n) is 10.1. The lowest BCUT2D eigenvalue weighted by Crippen LogP contribution is -2.20. The molecule has 4 aromatic rings. The molecule has 0 amide bonds. The highest BCUT2D eigenvalue weighted by atomic mass is 16.5. The van der Waals surface area contributed by atoms with Crippen molar-refractivity contribution < 1.29 is 4.74 Å². The molecule has 0 bridgehead atoms. The van der Waals surface area contributed by atoms with Crippen LogP contribution in [0.3, 0.4) is 0 Å². The molecule has 6 nitrogen and oxygen atoms in total. The van der Waals surface area contributed by atoms with Crippen molar-refractivity contribution >= 4 is 17.1 Å². The Bertz CT molecular complexity index is 1320. The van der Waals surface area contributed by atoms with E-state index in [0.717, 1.165) is 28.0 Å². The van der Waals surface area contributed by atoms with Crippen molar-refractivity contribution in [3.05, 3.63) is 88.0 Å². The number of nitrogens with zero attached hydrogens (tertiary/aromatic N) is 4. The Balaban J connectivity index is 2.00. The molecule has 6 heteroatoms. The third kappa shape index (κ3) is 3.97. The number of aromatic nitrogens is 3. The number of aryl methyl sites for hydroxylation is 1. The van der Waals surface area contributed by atoms with Gasteiger partial charge in [0.1, 0.15) is 5.75 Å². The Morgan fingerprint density at radius 2 is 1.84 bits per heavy atom. The Hall–Kier alpha value is -3.80. The minimum Gasteiger partial charge on any atom is -0.496 e. The van der Waals surface area contributed by atoms with Gasteiger partial charge in [-0.25, -0.2) is 4.98 Å². The van der Waals surface area contributed by atoms with Crippen LogP contribution < -0.4 is 10.3 Å². The van der Waals surface area contributed by atoms with Gasteiger partial charge in [-0.1, -0.05) is 26.0 Å². The van der Waals surface area contributed by atoms with Crippen molar-refractivity contribution in [1.29, 1.82) is 0 Å². The van der Waals surface area contributed by atoms with Crippen LogP contribution in [0.1, 0.15) is 36.5 Å². The molecule has 0 saturated heterocycles. The number of fused-ring (bicyclic) bond motifs is 1. The normalized spacial score (nSPS) is 11.5. The molecule has 0 fully saturated rings. The topological polar surface area (TPSA) is 69.4 Å². The summed E-state index contributed by atoms with van der Waals surface area (Å²) in [5, 5.41) is 5.04. The molecule has 31 heavy (non-hydrogen) atoms. The van der Waals surface area contributed by atoms with Gasteiger partial charge in [-0.2, -0.15) is 9.78 Å². The lowest BCUT2D eigenvalue weighted by atomic mass is 9.96. The Kier molecular flexibility index (Phi) is 5.62. The van der Waals surface area contributed by atoms with E-state index >= 15 is 0 Å². The quantitative estimate of drug-likeness (QED) is 0.442. The fourth-order valence-corrected chi connectivity index (χ4v) is 3.55. The Morgan fingerprint density at radius 3 is 2.55 bits per heavy atom. The summed E-state index contributed by atoms with van der Waals surface area (Å²) in [6, 6.07) is 15.0. The number of hydrogen-bond donors (Lipinski definition) is 0. The summed E-state index contributed by atoms with van der Waals surface area (Å²) in [6.45, 7) is 6.21. The van der Waals surface area contributed by atoms with Gasteiger partial charge in [0.05, 0.1) is 24.2 Å². The van der Waals surface area contributed by atoms with Crippen LogP contribution in [0, 0.1) is 6.92 Å². The van der Waals surface area contributed by atoms with Crippen LogP contribution in [-0.2, 0) is 0 Å².